The summed E-state index contributed by atoms with van der Waals surface area (Å²) >= 11 is 0. The van der Waals surface area contributed by atoms with E-state index < -0.39 is 20.0 Å². The van der Waals surface area contributed by atoms with Crippen LogP contribution in [0.3, 0.4) is 0 Å². The Morgan fingerprint density at radius 2 is 1.78 bits per heavy atom. The van der Waals surface area contributed by atoms with Crippen LogP contribution in [0.4, 0.5) is 5.69 Å². The molecular formula is C19H24N2O4S2. The van der Waals surface area contributed by atoms with Gasteiger partial charge >= 0.3 is 0 Å². The molecule has 0 aliphatic carbocycles. The van der Waals surface area contributed by atoms with Crippen molar-refractivity contribution in [1.29, 1.82) is 0 Å². The Labute approximate surface area is 161 Å². The zero-order chi connectivity index (χ0) is 19.7. The highest BCUT2D eigenvalue weighted by Crippen LogP contribution is 2.28. The summed E-state index contributed by atoms with van der Waals surface area (Å²) in [4.78, 5) is 0.194. The van der Waals surface area contributed by atoms with Gasteiger partial charge in [-0.05, 0) is 49.1 Å². The first-order valence-corrected chi connectivity index (χ1v) is 11.9. The van der Waals surface area contributed by atoms with Gasteiger partial charge in [0.25, 0.3) is 0 Å². The summed E-state index contributed by atoms with van der Waals surface area (Å²) in [7, 11) is -5.46. The van der Waals surface area contributed by atoms with E-state index in [-0.39, 0.29) is 17.2 Å². The fourth-order valence-corrected chi connectivity index (χ4v) is 6.24. The molecule has 3 rings (SSSR count). The van der Waals surface area contributed by atoms with Crippen LogP contribution in [0.1, 0.15) is 24.0 Å². The molecule has 0 unspecified atom stereocenters. The second-order valence-corrected chi connectivity index (χ2v) is 10.8. The molecule has 0 radical (unpaired) electrons. The second kappa shape index (κ2) is 7.61. The third kappa shape index (κ3) is 4.17. The van der Waals surface area contributed by atoms with E-state index >= 15 is 0 Å². The smallest absolute Gasteiger partial charge is 0.243 e. The predicted molar refractivity (Wildman–Crippen MR) is 107 cm³/mol. The number of nitrogens with zero attached hydrogens (tertiary/aromatic N) is 2. The third-order valence-corrected chi connectivity index (χ3v) is 8.57. The van der Waals surface area contributed by atoms with Gasteiger partial charge in [0.05, 0.1) is 16.3 Å². The van der Waals surface area contributed by atoms with E-state index in [9.17, 15) is 16.8 Å². The fraction of sp³-hybridized carbons (Fsp3) is 0.368. The number of rotatable bonds is 5. The van der Waals surface area contributed by atoms with Gasteiger partial charge in [0.15, 0.2) is 0 Å². The maximum atomic E-state index is 13.0. The van der Waals surface area contributed by atoms with Crippen molar-refractivity contribution in [2.75, 3.05) is 23.7 Å². The van der Waals surface area contributed by atoms with Crippen molar-refractivity contribution in [3.63, 3.8) is 0 Å². The lowest BCUT2D eigenvalue weighted by Gasteiger charge is -2.29. The second-order valence-electron chi connectivity index (χ2n) is 6.79. The van der Waals surface area contributed by atoms with E-state index in [1.165, 1.54) is 14.7 Å². The number of hydrogen-bond donors (Lipinski definition) is 0. The van der Waals surface area contributed by atoms with Gasteiger partial charge in [0.1, 0.15) is 0 Å². The van der Waals surface area contributed by atoms with E-state index in [0.717, 1.165) is 12.0 Å². The van der Waals surface area contributed by atoms with Crippen molar-refractivity contribution >= 4 is 25.7 Å². The molecule has 27 heavy (non-hydrogen) atoms. The summed E-state index contributed by atoms with van der Waals surface area (Å²) in [5.41, 5.74) is 1.96. The molecule has 0 aromatic heterocycles. The summed E-state index contributed by atoms with van der Waals surface area (Å²) in [5, 5.41) is 0. The monoisotopic (exact) mass is 408 g/mol. The highest BCUT2D eigenvalue weighted by Gasteiger charge is 2.28. The normalized spacial score (nSPS) is 17.2. The summed E-state index contributed by atoms with van der Waals surface area (Å²) in [6.07, 6.45) is 1.46. The van der Waals surface area contributed by atoms with E-state index in [4.69, 9.17) is 0 Å². The summed E-state index contributed by atoms with van der Waals surface area (Å²) in [5.74, 6) is 0.131. The highest BCUT2D eigenvalue weighted by molar-refractivity contribution is 7.92. The first-order chi connectivity index (χ1) is 12.7. The zero-order valence-corrected chi connectivity index (χ0v) is 17.1. The van der Waals surface area contributed by atoms with Crippen LogP contribution in [-0.2, 0) is 26.6 Å². The molecule has 6 nitrogen and oxygen atoms in total. The van der Waals surface area contributed by atoms with E-state index in [1.54, 1.807) is 26.1 Å². The number of anilines is 1. The zero-order valence-electron chi connectivity index (χ0n) is 15.5. The van der Waals surface area contributed by atoms with Crippen LogP contribution < -0.4 is 4.31 Å². The van der Waals surface area contributed by atoms with E-state index in [0.29, 0.717) is 24.2 Å². The van der Waals surface area contributed by atoms with Crippen molar-refractivity contribution < 1.29 is 16.8 Å². The summed E-state index contributed by atoms with van der Waals surface area (Å²) < 4.78 is 53.2. The molecule has 8 heteroatoms. The van der Waals surface area contributed by atoms with Gasteiger partial charge in [0, 0.05) is 20.1 Å². The van der Waals surface area contributed by atoms with Crippen molar-refractivity contribution in [1.82, 2.24) is 4.31 Å². The van der Waals surface area contributed by atoms with Gasteiger partial charge in [-0.2, -0.15) is 4.31 Å². The molecular weight excluding hydrogens is 384 g/mol. The lowest BCUT2D eigenvalue weighted by molar-refractivity contribution is 0.466. The molecule has 0 atom stereocenters. The van der Waals surface area contributed by atoms with Gasteiger partial charge in [-0.15, -0.1) is 0 Å². The maximum Gasteiger partial charge on any atom is 0.243 e. The van der Waals surface area contributed by atoms with E-state index in [1.807, 2.05) is 30.3 Å². The number of benzene rings is 2. The largest absolute Gasteiger partial charge is 0.270 e. The Balaban J connectivity index is 1.88. The molecule has 0 spiro atoms. The number of aryl methyl sites for hydroxylation is 1. The third-order valence-electron chi connectivity index (χ3n) is 4.73. The molecule has 0 bridgehead atoms. The standard InChI is InChI=1S/C19H24N2O4S2/c1-16-14-18(21-12-6-7-13-26(21,22)23)10-11-19(16)27(24,25)20(2)15-17-8-4-3-5-9-17/h3-5,8-11,14H,6-7,12-13,15H2,1-2H3. The topological polar surface area (TPSA) is 74.8 Å². The van der Waals surface area contributed by atoms with Gasteiger partial charge in [-0.1, -0.05) is 30.3 Å². The Hall–Kier alpha value is -1.90. The van der Waals surface area contributed by atoms with Crippen LogP contribution in [-0.4, -0.2) is 40.5 Å². The lowest BCUT2D eigenvalue weighted by atomic mass is 10.2. The fourth-order valence-electron chi connectivity index (χ4n) is 3.25. The predicted octanol–water partition coefficient (Wildman–Crippen LogP) is 2.75. The van der Waals surface area contributed by atoms with Crippen LogP contribution >= 0.6 is 0 Å². The minimum atomic E-state index is -3.68. The van der Waals surface area contributed by atoms with Gasteiger partial charge in [-0.3, -0.25) is 4.31 Å². The molecule has 1 aliphatic rings. The van der Waals surface area contributed by atoms with E-state index in [2.05, 4.69) is 0 Å². The highest BCUT2D eigenvalue weighted by atomic mass is 32.2. The minimum absolute atomic E-state index is 0.131. The van der Waals surface area contributed by atoms with Gasteiger partial charge in [0.2, 0.25) is 20.0 Å². The average molecular weight is 409 g/mol. The first-order valence-electron chi connectivity index (χ1n) is 8.83. The quantitative estimate of drug-likeness (QED) is 0.762. The molecule has 0 saturated carbocycles. The number of sulfonamides is 2. The molecule has 1 fully saturated rings. The van der Waals surface area contributed by atoms with Crippen LogP contribution in [0.2, 0.25) is 0 Å². The maximum absolute atomic E-state index is 13.0. The Kier molecular flexibility index (Phi) is 5.60. The van der Waals surface area contributed by atoms with Crippen LogP contribution in [0.5, 0.6) is 0 Å². The molecule has 1 saturated heterocycles. The minimum Gasteiger partial charge on any atom is -0.270 e. The Morgan fingerprint density at radius 3 is 2.41 bits per heavy atom. The molecule has 2 aromatic carbocycles. The molecule has 0 N–H and O–H groups in total. The first kappa shape index (κ1) is 19.9. The summed E-state index contributed by atoms with van der Waals surface area (Å²) in [6.45, 7) is 2.40. The Morgan fingerprint density at radius 1 is 1.07 bits per heavy atom. The van der Waals surface area contributed by atoms with Crippen LogP contribution in [0.25, 0.3) is 0 Å². The van der Waals surface area contributed by atoms with Crippen molar-refractivity contribution in [2.45, 2.75) is 31.2 Å². The Bertz CT molecular complexity index is 1020. The lowest BCUT2D eigenvalue weighted by Crippen LogP contribution is -2.38. The van der Waals surface area contributed by atoms with Crippen molar-refractivity contribution in [2.24, 2.45) is 0 Å². The molecule has 0 amide bonds. The van der Waals surface area contributed by atoms with Crippen LogP contribution in [0.15, 0.2) is 53.4 Å². The molecule has 2 aromatic rings. The van der Waals surface area contributed by atoms with Gasteiger partial charge in [-0.25, -0.2) is 16.8 Å². The summed E-state index contributed by atoms with van der Waals surface area (Å²) in [6, 6.07) is 14.1. The SMILES string of the molecule is Cc1cc(N2CCCCS2(=O)=O)ccc1S(=O)(=O)N(C)Cc1ccccc1. The van der Waals surface area contributed by atoms with Gasteiger partial charge < -0.3 is 0 Å². The molecule has 1 aliphatic heterocycles. The molecule has 1 heterocycles. The van der Waals surface area contributed by atoms with Crippen LogP contribution in [0, 0.1) is 6.92 Å². The van der Waals surface area contributed by atoms with Crippen molar-refractivity contribution in [3.05, 3.63) is 59.7 Å². The average Bonchev–Trinajstić information content (AvgIpc) is 2.61. The van der Waals surface area contributed by atoms with Crippen molar-refractivity contribution in [3.8, 4) is 0 Å². The molecule has 146 valence electrons. The number of hydrogen-bond acceptors (Lipinski definition) is 4.